The van der Waals surface area contributed by atoms with Crippen LogP contribution < -0.4 is 9.64 Å². The number of benzene rings is 2. The second-order valence-electron chi connectivity index (χ2n) is 7.06. The summed E-state index contributed by atoms with van der Waals surface area (Å²) < 4.78 is 59.8. The molecular formula is C20H18F4N2O3. The highest BCUT2D eigenvalue weighted by Crippen LogP contribution is 2.33. The highest BCUT2D eigenvalue weighted by atomic mass is 19.4. The lowest BCUT2D eigenvalue weighted by Crippen LogP contribution is -2.40. The fourth-order valence-electron chi connectivity index (χ4n) is 3.70. The first kappa shape index (κ1) is 19.5. The summed E-state index contributed by atoms with van der Waals surface area (Å²) in [6.45, 7) is 1.85. The molecule has 0 unspecified atom stereocenters. The average Bonchev–Trinajstić information content (AvgIpc) is 3.00. The first-order chi connectivity index (χ1) is 13.8. The number of carbonyl (C=O) groups excluding carboxylic acids is 1. The van der Waals surface area contributed by atoms with Gasteiger partial charge in [-0.25, -0.2) is 9.18 Å². The van der Waals surface area contributed by atoms with E-state index in [2.05, 4.69) is 9.64 Å². The minimum absolute atomic E-state index is 0.187. The van der Waals surface area contributed by atoms with Crippen molar-refractivity contribution >= 4 is 11.8 Å². The Balaban J connectivity index is 1.54. The molecule has 2 aliphatic rings. The second kappa shape index (κ2) is 7.55. The van der Waals surface area contributed by atoms with E-state index in [9.17, 15) is 22.4 Å². The predicted molar refractivity (Wildman–Crippen MR) is 95.9 cm³/mol. The summed E-state index contributed by atoms with van der Waals surface area (Å²) in [6.07, 6.45) is -4.57. The zero-order valence-corrected chi connectivity index (χ0v) is 15.3. The minimum atomic E-state index is -4.73. The number of hydrogen-bond acceptors (Lipinski definition) is 4. The molecule has 0 N–H and O–H groups in total. The Morgan fingerprint density at radius 1 is 1.14 bits per heavy atom. The van der Waals surface area contributed by atoms with E-state index in [0.29, 0.717) is 31.7 Å². The van der Waals surface area contributed by atoms with Crippen LogP contribution in [-0.4, -0.2) is 36.5 Å². The van der Waals surface area contributed by atoms with Crippen LogP contribution >= 0.6 is 0 Å². The molecule has 2 aliphatic heterocycles. The molecule has 4 rings (SSSR count). The zero-order valence-electron chi connectivity index (χ0n) is 15.3. The summed E-state index contributed by atoms with van der Waals surface area (Å²) in [5.41, 5.74) is 2.10. The van der Waals surface area contributed by atoms with E-state index < -0.39 is 18.3 Å². The van der Waals surface area contributed by atoms with Crippen LogP contribution in [0.4, 0.5) is 28.0 Å². The van der Waals surface area contributed by atoms with Crippen molar-refractivity contribution in [2.24, 2.45) is 0 Å². The highest BCUT2D eigenvalue weighted by molar-refractivity contribution is 5.91. The number of ether oxygens (including phenoxy) is 2. The number of rotatable bonds is 3. The number of amides is 1. The van der Waals surface area contributed by atoms with Gasteiger partial charge in [0.2, 0.25) is 0 Å². The van der Waals surface area contributed by atoms with E-state index in [1.54, 1.807) is 18.2 Å². The zero-order chi connectivity index (χ0) is 20.6. The van der Waals surface area contributed by atoms with Crippen molar-refractivity contribution in [1.82, 2.24) is 4.90 Å². The molecule has 2 aromatic rings. The number of halogens is 4. The number of carbonyl (C=O) groups is 1. The van der Waals surface area contributed by atoms with Crippen LogP contribution in [-0.2, 0) is 17.8 Å². The van der Waals surface area contributed by atoms with Gasteiger partial charge in [-0.05, 0) is 41.8 Å². The Bertz CT molecular complexity index is 902. The molecule has 29 heavy (non-hydrogen) atoms. The predicted octanol–water partition coefficient (Wildman–Crippen LogP) is 4.46. The Kier molecular flexibility index (Phi) is 5.08. The molecule has 0 saturated carbocycles. The molecule has 0 radical (unpaired) electrons. The van der Waals surface area contributed by atoms with Crippen LogP contribution in [0.25, 0.3) is 0 Å². The van der Waals surface area contributed by atoms with Gasteiger partial charge in [-0.15, -0.1) is 13.2 Å². The first-order valence-electron chi connectivity index (χ1n) is 9.10. The normalized spacial score (nSPS) is 19.8. The third-order valence-electron chi connectivity index (χ3n) is 5.00. The lowest BCUT2D eigenvalue weighted by Gasteiger charge is -2.32. The van der Waals surface area contributed by atoms with Gasteiger partial charge >= 0.3 is 12.5 Å². The number of alkyl halides is 3. The quantitative estimate of drug-likeness (QED) is 0.701. The second-order valence-corrected chi connectivity index (χ2v) is 7.06. The van der Waals surface area contributed by atoms with Crippen LogP contribution in [0.2, 0.25) is 0 Å². The molecule has 1 saturated heterocycles. The van der Waals surface area contributed by atoms with Crippen molar-refractivity contribution in [2.75, 3.05) is 18.1 Å². The molecule has 0 spiro atoms. The molecule has 5 nitrogen and oxygen atoms in total. The van der Waals surface area contributed by atoms with Crippen LogP contribution in [0, 0.1) is 5.82 Å². The average molecular weight is 410 g/mol. The summed E-state index contributed by atoms with van der Waals surface area (Å²) >= 11 is 0. The van der Waals surface area contributed by atoms with E-state index >= 15 is 0 Å². The van der Waals surface area contributed by atoms with E-state index in [0.717, 1.165) is 11.1 Å². The monoisotopic (exact) mass is 410 g/mol. The summed E-state index contributed by atoms with van der Waals surface area (Å²) in [5.74, 6) is -0.707. The molecule has 9 heteroatoms. The van der Waals surface area contributed by atoms with Gasteiger partial charge in [-0.3, -0.25) is 9.80 Å². The van der Waals surface area contributed by atoms with Crippen LogP contribution in [0.5, 0.6) is 5.75 Å². The molecule has 2 aromatic carbocycles. The molecule has 1 atom stereocenters. The van der Waals surface area contributed by atoms with Crippen LogP contribution in [0.3, 0.4) is 0 Å². The Morgan fingerprint density at radius 2 is 1.90 bits per heavy atom. The molecule has 2 heterocycles. The maximum atomic E-state index is 13.8. The maximum absolute atomic E-state index is 13.8. The molecule has 0 bridgehead atoms. The van der Waals surface area contributed by atoms with E-state index in [4.69, 9.17) is 4.74 Å². The van der Waals surface area contributed by atoms with Crippen molar-refractivity contribution in [1.29, 1.82) is 0 Å². The molecule has 0 aliphatic carbocycles. The number of hydrogen-bond donors (Lipinski definition) is 0. The lowest BCUT2D eigenvalue weighted by molar-refractivity contribution is -0.274. The number of anilines is 1. The van der Waals surface area contributed by atoms with Crippen LogP contribution in [0.15, 0.2) is 42.5 Å². The van der Waals surface area contributed by atoms with Crippen molar-refractivity contribution in [3.63, 3.8) is 0 Å². The van der Waals surface area contributed by atoms with Gasteiger partial charge < -0.3 is 9.47 Å². The summed E-state index contributed by atoms with van der Waals surface area (Å²) in [4.78, 5) is 15.7. The van der Waals surface area contributed by atoms with Gasteiger partial charge in [-0.1, -0.05) is 18.2 Å². The Hall–Kier alpha value is -2.81. The fraction of sp³-hybridized carbons (Fsp3) is 0.350. The molecule has 1 fully saturated rings. The number of cyclic esters (lactones) is 1. The SMILES string of the molecule is O=C1OC[C@@H]2CCN(Cc3ccc(OC(F)(F)F)cc3)Cc3ccc(F)cc3N12. The third kappa shape index (κ3) is 4.45. The highest BCUT2D eigenvalue weighted by Gasteiger charge is 2.37. The first-order valence-corrected chi connectivity index (χ1v) is 9.10. The molecule has 154 valence electrons. The maximum Gasteiger partial charge on any atom is 0.573 e. The minimum Gasteiger partial charge on any atom is -0.447 e. The fourth-order valence-corrected chi connectivity index (χ4v) is 3.70. The number of fused-ring (bicyclic) bond motifs is 3. The van der Waals surface area contributed by atoms with E-state index in [1.165, 1.54) is 29.2 Å². The van der Waals surface area contributed by atoms with Gasteiger partial charge in [0, 0.05) is 19.6 Å². The van der Waals surface area contributed by atoms with Crippen LogP contribution in [0.1, 0.15) is 17.5 Å². The van der Waals surface area contributed by atoms with Gasteiger partial charge in [0.25, 0.3) is 0 Å². The van der Waals surface area contributed by atoms with E-state index in [-0.39, 0.29) is 18.4 Å². The number of nitrogens with zero attached hydrogens (tertiary/aromatic N) is 2. The molecular weight excluding hydrogens is 392 g/mol. The van der Waals surface area contributed by atoms with Crippen molar-refractivity contribution in [3.8, 4) is 5.75 Å². The molecule has 1 amide bonds. The smallest absolute Gasteiger partial charge is 0.447 e. The van der Waals surface area contributed by atoms with Crippen molar-refractivity contribution < 1.29 is 31.8 Å². The summed E-state index contributed by atoms with van der Waals surface area (Å²) in [6, 6.07) is 9.86. The molecule has 0 aromatic heterocycles. The standard InChI is InChI=1S/C20H18F4N2O3/c21-15-4-3-14-11-25(8-7-16-12-28-19(27)26(16)18(14)9-15)10-13-1-5-17(6-2-13)29-20(22,23)24/h1-6,9,16H,7-8,10-12H2/t16-/m0/s1. The Labute approximate surface area is 164 Å². The Morgan fingerprint density at radius 3 is 2.62 bits per heavy atom. The largest absolute Gasteiger partial charge is 0.573 e. The van der Waals surface area contributed by atoms with Gasteiger partial charge in [-0.2, -0.15) is 0 Å². The van der Waals surface area contributed by atoms with Crippen molar-refractivity contribution in [3.05, 3.63) is 59.4 Å². The third-order valence-corrected chi connectivity index (χ3v) is 5.00. The van der Waals surface area contributed by atoms with E-state index in [1.807, 2.05) is 0 Å². The van der Waals surface area contributed by atoms with Crippen molar-refractivity contribution in [2.45, 2.75) is 31.9 Å². The van der Waals surface area contributed by atoms with Gasteiger partial charge in [0.05, 0.1) is 11.7 Å². The summed E-state index contributed by atoms with van der Waals surface area (Å²) in [5, 5.41) is 0. The lowest BCUT2D eigenvalue weighted by atomic mass is 10.0. The van der Waals surface area contributed by atoms with Gasteiger partial charge in [0.15, 0.2) is 0 Å². The summed E-state index contributed by atoms with van der Waals surface area (Å²) in [7, 11) is 0. The van der Waals surface area contributed by atoms with Gasteiger partial charge in [0.1, 0.15) is 18.2 Å². The topological polar surface area (TPSA) is 42.0 Å².